The first-order valence-corrected chi connectivity index (χ1v) is 10.9. The Bertz CT molecular complexity index is 837. The lowest BCUT2D eigenvalue weighted by Crippen LogP contribution is -2.46. The Hall–Kier alpha value is -2.83. The van der Waals surface area contributed by atoms with Gasteiger partial charge < -0.3 is 20.4 Å². The number of guanidine groups is 1. The summed E-state index contributed by atoms with van der Waals surface area (Å²) in [5.41, 5.74) is 8.44. The highest BCUT2D eigenvalue weighted by atomic mass is 19.1. The lowest BCUT2D eigenvalue weighted by molar-refractivity contribution is 0.428. The van der Waals surface area contributed by atoms with Crippen molar-refractivity contribution in [3.05, 3.63) is 54.0 Å². The fourth-order valence-electron chi connectivity index (χ4n) is 4.15. The van der Waals surface area contributed by atoms with Crippen molar-refractivity contribution in [1.82, 2.24) is 9.88 Å². The number of halogens is 1. The lowest BCUT2D eigenvalue weighted by Gasteiger charge is -2.36. The number of anilines is 2. The largest absolute Gasteiger partial charge is 0.370 e. The molecule has 0 unspecified atom stereocenters. The number of nitrogens with zero attached hydrogens (tertiary/aromatic N) is 5. The van der Waals surface area contributed by atoms with Crippen molar-refractivity contribution in [2.24, 2.45) is 10.7 Å². The molecule has 2 aromatic rings. The van der Waals surface area contributed by atoms with E-state index in [1.54, 1.807) is 0 Å². The highest BCUT2D eigenvalue weighted by Gasteiger charge is 2.18. The van der Waals surface area contributed by atoms with Crippen molar-refractivity contribution in [3.8, 4) is 0 Å². The molecule has 0 bridgehead atoms. The standard InChI is InChI=1S/C23H31FN6/c24-20-5-7-21(8-6-20)28-13-15-29(16-14-28)22-17-19(9-10-26-22)18-27-23(25)30-11-3-1-2-4-12-30/h5-10,17H,1-4,11-16,18H2,(H2,25,27). The Morgan fingerprint density at radius 3 is 2.27 bits per heavy atom. The van der Waals surface area contributed by atoms with Crippen molar-refractivity contribution < 1.29 is 4.39 Å². The first-order chi connectivity index (χ1) is 14.7. The SMILES string of the molecule is NC(=NCc1ccnc(N2CCN(c3ccc(F)cc3)CC2)c1)N1CCCCCC1. The number of aliphatic imine (C=N–C) groups is 1. The van der Waals surface area contributed by atoms with E-state index >= 15 is 0 Å². The molecule has 4 rings (SSSR count). The van der Waals surface area contributed by atoms with Crippen molar-refractivity contribution in [3.63, 3.8) is 0 Å². The molecular weight excluding hydrogens is 379 g/mol. The maximum atomic E-state index is 13.2. The molecule has 1 aromatic carbocycles. The zero-order valence-corrected chi connectivity index (χ0v) is 17.5. The van der Waals surface area contributed by atoms with Crippen LogP contribution in [-0.2, 0) is 6.54 Å². The minimum absolute atomic E-state index is 0.197. The van der Waals surface area contributed by atoms with Crippen LogP contribution >= 0.6 is 0 Å². The molecule has 0 amide bonds. The van der Waals surface area contributed by atoms with E-state index in [0.717, 1.165) is 56.3 Å². The molecule has 2 aliphatic rings. The maximum Gasteiger partial charge on any atom is 0.191 e. The van der Waals surface area contributed by atoms with E-state index in [-0.39, 0.29) is 5.82 Å². The summed E-state index contributed by atoms with van der Waals surface area (Å²) in [6.07, 6.45) is 6.81. The molecule has 0 aliphatic carbocycles. The Labute approximate surface area is 178 Å². The molecule has 0 saturated carbocycles. The van der Waals surface area contributed by atoms with Crippen LogP contribution in [-0.4, -0.2) is 55.1 Å². The van der Waals surface area contributed by atoms with Gasteiger partial charge >= 0.3 is 0 Å². The van der Waals surface area contributed by atoms with E-state index in [2.05, 4.69) is 30.7 Å². The van der Waals surface area contributed by atoms with Crippen molar-refractivity contribution >= 4 is 17.5 Å². The van der Waals surface area contributed by atoms with Crippen LogP contribution in [0.3, 0.4) is 0 Å². The summed E-state index contributed by atoms with van der Waals surface area (Å²) in [6.45, 7) is 6.13. The van der Waals surface area contributed by atoms with Gasteiger partial charge in [0.1, 0.15) is 11.6 Å². The molecule has 2 N–H and O–H groups in total. The summed E-state index contributed by atoms with van der Waals surface area (Å²) in [5.74, 6) is 1.44. The summed E-state index contributed by atoms with van der Waals surface area (Å²) in [4.78, 5) is 16.0. The number of rotatable bonds is 4. The fourth-order valence-corrected chi connectivity index (χ4v) is 4.15. The van der Waals surface area contributed by atoms with Gasteiger partial charge in [-0.15, -0.1) is 0 Å². The first-order valence-electron chi connectivity index (χ1n) is 10.9. The second-order valence-electron chi connectivity index (χ2n) is 8.05. The Kier molecular flexibility index (Phi) is 6.67. The van der Waals surface area contributed by atoms with Gasteiger partial charge in [0, 0.05) is 51.2 Å². The molecule has 6 nitrogen and oxygen atoms in total. The smallest absolute Gasteiger partial charge is 0.191 e. The van der Waals surface area contributed by atoms with E-state index in [4.69, 9.17) is 5.73 Å². The molecule has 7 heteroatoms. The number of likely N-dealkylation sites (tertiary alicyclic amines) is 1. The quantitative estimate of drug-likeness (QED) is 0.619. The number of benzene rings is 1. The summed E-state index contributed by atoms with van der Waals surface area (Å²) >= 11 is 0. The summed E-state index contributed by atoms with van der Waals surface area (Å²) < 4.78 is 13.2. The highest BCUT2D eigenvalue weighted by molar-refractivity contribution is 5.78. The van der Waals surface area contributed by atoms with Gasteiger partial charge in [0.05, 0.1) is 6.54 Å². The molecule has 2 aliphatic heterocycles. The minimum atomic E-state index is -0.197. The van der Waals surface area contributed by atoms with E-state index in [1.165, 1.54) is 37.8 Å². The predicted molar refractivity (Wildman–Crippen MR) is 120 cm³/mol. The van der Waals surface area contributed by atoms with Gasteiger partial charge in [0.25, 0.3) is 0 Å². The second kappa shape index (κ2) is 9.78. The molecule has 1 aromatic heterocycles. The van der Waals surface area contributed by atoms with Crippen LogP contribution in [0, 0.1) is 5.82 Å². The van der Waals surface area contributed by atoms with Gasteiger partial charge in [0.15, 0.2) is 5.96 Å². The molecule has 3 heterocycles. The number of pyridine rings is 1. The Balaban J connectivity index is 1.34. The first kappa shape index (κ1) is 20.4. The van der Waals surface area contributed by atoms with Gasteiger partial charge in [-0.3, -0.25) is 0 Å². The Morgan fingerprint density at radius 2 is 1.57 bits per heavy atom. The summed E-state index contributed by atoms with van der Waals surface area (Å²) in [6, 6.07) is 10.9. The predicted octanol–water partition coefficient (Wildman–Crippen LogP) is 3.24. The van der Waals surface area contributed by atoms with Gasteiger partial charge in [-0.1, -0.05) is 12.8 Å². The molecular formula is C23H31FN6. The van der Waals surface area contributed by atoms with Crippen LogP contribution in [0.25, 0.3) is 0 Å². The van der Waals surface area contributed by atoms with Crippen molar-refractivity contribution in [2.75, 3.05) is 49.1 Å². The van der Waals surface area contributed by atoms with Crippen molar-refractivity contribution in [1.29, 1.82) is 0 Å². The van der Waals surface area contributed by atoms with E-state index in [0.29, 0.717) is 12.5 Å². The minimum Gasteiger partial charge on any atom is -0.370 e. The van der Waals surface area contributed by atoms with Crippen LogP contribution in [0.2, 0.25) is 0 Å². The molecule has 0 atom stereocenters. The maximum absolute atomic E-state index is 13.2. The molecule has 160 valence electrons. The average Bonchev–Trinajstić information content (AvgIpc) is 3.08. The van der Waals surface area contributed by atoms with E-state index in [1.807, 2.05) is 24.4 Å². The van der Waals surface area contributed by atoms with Crippen LogP contribution < -0.4 is 15.5 Å². The summed E-state index contributed by atoms with van der Waals surface area (Å²) in [7, 11) is 0. The number of piperazine rings is 1. The van der Waals surface area contributed by atoms with E-state index < -0.39 is 0 Å². The van der Waals surface area contributed by atoms with Crippen molar-refractivity contribution in [2.45, 2.75) is 32.2 Å². The van der Waals surface area contributed by atoms with Crippen LogP contribution in [0.1, 0.15) is 31.2 Å². The van der Waals surface area contributed by atoms with Gasteiger partial charge in [0.2, 0.25) is 0 Å². The number of nitrogens with two attached hydrogens (primary N) is 1. The molecule has 0 spiro atoms. The zero-order chi connectivity index (χ0) is 20.8. The molecule has 0 radical (unpaired) electrons. The normalized spacial score (nSPS) is 18.4. The highest BCUT2D eigenvalue weighted by Crippen LogP contribution is 2.20. The number of hydrogen-bond donors (Lipinski definition) is 1. The summed E-state index contributed by atoms with van der Waals surface area (Å²) in [5, 5.41) is 0. The zero-order valence-electron chi connectivity index (χ0n) is 17.5. The number of aromatic nitrogens is 1. The third kappa shape index (κ3) is 5.20. The van der Waals surface area contributed by atoms with Gasteiger partial charge in [-0.05, 0) is 54.8 Å². The third-order valence-corrected chi connectivity index (χ3v) is 5.96. The average molecular weight is 411 g/mol. The van der Waals surface area contributed by atoms with Crippen LogP contribution in [0.5, 0.6) is 0 Å². The Morgan fingerprint density at radius 1 is 0.900 bits per heavy atom. The third-order valence-electron chi connectivity index (χ3n) is 5.96. The van der Waals surface area contributed by atoms with E-state index in [9.17, 15) is 4.39 Å². The molecule has 2 fully saturated rings. The lowest BCUT2D eigenvalue weighted by atomic mass is 10.2. The second-order valence-corrected chi connectivity index (χ2v) is 8.05. The topological polar surface area (TPSA) is 61.0 Å². The molecule has 30 heavy (non-hydrogen) atoms. The van der Waals surface area contributed by atoms with Crippen LogP contribution in [0.4, 0.5) is 15.9 Å². The fraction of sp³-hybridized carbons (Fsp3) is 0.478. The van der Waals surface area contributed by atoms with Gasteiger partial charge in [-0.2, -0.15) is 0 Å². The monoisotopic (exact) mass is 410 g/mol. The van der Waals surface area contributed by atoms with Gasteiger partial charge in [-0.25, -0.2) is 14.4 Å². The number of hydrogen-bond acceptors (Lipinski definition) is 4. The molecule has 2 saturated heterocycles. The van der Waals surface area contributed by atoms with Crippen LogP contribution in [0.15, 0.2) is 47.6 Å².